The Labute approximate surface area is 97.1 Å². The predicted molar refractivity (Wildman–Crippen MR) is 60.0 cm³/mol. The highest BCUT2D eigenvalue weighted by Crippen LogP contribution is 2.40. The molecule has 0 bridgehead atoms. The van der Waals surface area contributed by atoms with Gasteiger partial charge in [0.1, 0.15) is 0 Å². The van der Waals surface area contributed by atoms with E-state index in [0.29, 0.717) is 18.1 Å². The fraction of sp³-hybridized carbons (Fsp3) is 1.00. The Kier molecular flexibility index (Phi) is 2.94. The summed E-state index contributed by atoms with van der Waals surface area (Å²) < 4.78 is 11.3. The molecule has 0 aromatic heterocycles. The van der Waals surface area contributed by atoms with Crippen LogP contribution in [0.4, 0.5) is 0 Å². The highest BCUT2D eigenvalue weighted by atomic mass is 16.6. The summed E-state index contributed by atoms with van der Waals surface area (Å²) in [6, 6.07) is 0. The molecule has 3 heteroatoms. The second-order valence-electron chi connectivity index (χ2n) is 5.71. The number of aliphatic hydroxyl groups is 1. The fourth-order valence-corrected chi connectivity index (χ4v) is 3.16. The van der Waals surface area contributed by atoms with Crippen molar-refractivity contribution in [1.29, 1.82) is 0 Å². The molecule has 0 aromatic rings. The van der Waals surface area contributed by atoms with E-state index in [9.17, 15) is 5.11 Å². The zero-order valence-electron chi connectivity index (χ0n) is 9.86. The lowest BCUT2D eigenvalue weighted by Crippen LogP contribution is -2.36. The Morgan fingerprint density at radius 2 is 1.94 bits per heavy atom. The minimum atomic E-state index is -0.806. The normalized spacial score (nSPS) is 41.4. The molecular weight excluding hydrogens is 204 g/mol. The second-order valence-corrected chi connectivity index (χ2v) is 5.71. The maximum atomic E-state index is 10.2. The number of rotatable bonds is 3. The van der Waals surface area contributed by atoms with E-state index in [0.717, 1.165) is 38.7 Å². The molecule has 0 amide bonds. The van der Waals surface area contributed by atoms with Crippen molar-refractivity contribution in [3.8, 4) is 0 Å². The van der Waals surface area contributed by atoms with Gasteiger partial charge in [-0.3, -0.25) is 0 Å². The second kappa shape index (κ2) is 4.28. The van der Waals surface area contributed by atoms with Gasteiger partial charge in [0.15, 0.2) is 5.79 Å². The van der Waals surface area contributed by atoms with E-state index in [1.165, 1.54) is 19.3 Å². The van der Waals surface area contributed by atoms with Crippen molar-refractivity contribution in [3.05, 3.63) is 0 Å². The third kappa shape index (κ3) is 2.41. The van der Waals surface area contributed by atoms with E-state index in [1.54, 1.807) is 0 Å². The van der Waals surface area contributed by atoms with Crippen molar-refractivity contribution in [2.24, 2.45) is 5.92 Å². The zero-order valence-corrected chi connectivity index (χ0v) is 9.86. The highest BCUT2D eigenvalue weighted by molar-refractivity contribution is 4.92. The average molecular weight is 226 g/mol. The summed E-state index contributed by atoms with van der Waals surface area (Å²) in [5.74, 6) is -0.200. The number of ether oxygens (including phenoxy) is 2. The van der Waals surface area contributed by atoms with Gasteiger partial charge in [-0.2, -0.15) is 0 Å². The summed E-state index contributed by atoms with van der Waals surface area (Å²) in [6.45, 7) is 0.725. The number of fused-ring (bicyclic) bond motifs is 1. The molecule has 1 aliphatic heterocycles. The molecule has 92 valence electrons. The largest absolute Gasteiger partial charge is 0.370 e. The van der Waals surface area contributed by atoms with E-state index in [2.05, 4.69) is 0 Å². The minimum absolute atomic E-state index is 0.517. The van der Waals surface area contributed by atoms with Gasteiger partial charge in [0.25, 0.3) is 0 Å². The van der Waals surface area contributed by atoms with Gasteiger partial charge in [0, 0.05) is 12.8 Å². The van der Waals surface area contributed by atoms with Gasteiger partial charge in [-0.05, 0) is 38.0 Å². The van der Waals surface area contributed by atoms with Crippen molar-refractivity contribution in [1.82, 2.24) is 0 Å². The third-order valence-corrected chi connectivity index (χ3v) is 4.34. The van der Waals surface area contributed by atoms with Crippen LogP contribution in [0.3, 0.4) is 0 Å². The molecule has 3 nitrogen and oxygen atoms in total. The Bertz CT molecular complexity index is 248. The summed E-state index contributed by atoms with van der Waals surface area (Å²) in [7, 11) is 0. The Morgan fingerprint density at radius 1 is 1.12 bits per heavy atom. The Morgan fingerprint density at radius 3 is 2.69 bits per heavy atom. The third-order valence-electron chi connectivity index (χ3n) is 4.34. The molecule has 0 spiro atoms. The lowest BCUT2D eigenvalue weighted by atomic mass is 9.89. The number of epoxide rings is 1. The summed E-state index contributed by atoms with van der Waals surface area (Å²) >= 11 is 0. The van der Waals surface area contributed by atoms with E-state index < -0.39 is 5.79 Å². The quantitative estimate of drug-likeness (QED) is 0.592. The van der Waals surface area contributed by atoms with E-state index >= 15 is 0 Å². The molecule has 16 heavy (non-hydrogen) atoms. The van der Waals surface area contributed by atoms with Crippen molar-refractivity contribution in [3.63, 3.8) is 0 Å². The molecule has 3 fully saturated rings. The van der Waals surface area contributed by atoms with Gasteiger partial charge in [0.2, 0.25) is 0 Å². The van der Waals surface area contributed by atoms with Crippen LogP contribution in [0.2, 0.25) is 0 Å². The SMILES string of the molecule is OC1(OCC2CCC3OC3C2)CCCCC1. The molecular formula is C13H22O3. The molecule has 1 saturated heterocycles. The number of hydrogen-bond acceptors (Lipinski definition) is 3. The van der Waals surface area contributed by atoms with Crippen molar-refractivity contribution >= 4 is 0 Å². The standard InChI is InChI=1S/C13H22O3/c14-13(6-2-1-3-7-13)15-9-10-4-5-11-12(8-10)16-11/h10-12,14H,1-9H2. The lowest BCUT2D eigenvalue weighted by Gasteiger charge is -2.33. The molecule has 3 atom stereocenters. The first-order chi connectivity index (χ1) is 7.75. The molecule has 3 aliphatic rings. The summed E-state index contributed by atoms with van der Waals surface area (Å²) in [6.07, 6.45) is 9.72. The first-order valence-electron chi connectivity index (χ1n) is 6.77. The van der Waals surface area contributed by atoms with Crippen LogP contribution in [0.25, 0.3) is 0 Å². The van der Waals surface area contributed by atoms with E-state index in [4.69, 9.17) is 9.47 Å². The molecule has 1 heterocycles. The van der Waals surface area contributed by atoms with E-state index in [1.807, 2.05) is 0 Å². The van der Waals surface area contributed by atoms with E-state index in [-0.39, 0.29) is 0 Å². The van der Waals surface area contributed by atoms with Gasteiger partial charge in [0.05, 0.1) is 18.8 Å². The summed E-state index contributed by atoms with van der Waals surface area (Å²) in [5, 5.41) is 10.2. The smallest absolute Gasteiger partial charge is 0.165 e. The number of hydrogen-bond donors (Lipinski definition) is 1. The zero-order chi connectivity index (χ0) is 11.0. The molecule has 0 radical (unpaired) electrons. The average Bonchev–Trinajstić information content (AvgIpc) is 3.06. The first kappa shape index (κ1) is 11.0. The maximum Gasteiger partial charge on any atom is 0.165 e. The maximum absolute atomic E-state index is 10.2. The van der Waals surface area contributed by atoms with Gasteiger partial charge in [-0.1, -0.05) is 6.42 Å². The van der Waals surface area contributed by atoms with Crippen LogP contribution in [0.5, 0.6) is 0 Å². The molecule has 3 rings (SSSR count). The fourth-order valence-electron chi connectivity index (χ4n) is 3.16. The van der Waals surface area contributed by atoms with Crippen molar-refractivity contribution in [2.45, 2.75) is 69.4 Å². The monoisotopic (exact) mass is 226 g/mol. The van der Waals surface area contributed by atoms with Gasteiger partial charge in [-0.25, -0.2) is 0 Å². The summed E-state index contributed by atoms with van der Waals surface area (Å²) in [5.41, 5.74) is 0. The molecule has 3 unspecified atom stereocenters. The van der Waals surface area contributed by atoms with Crippen molar-refractivity contribution in [2.75, 3.05) is 6.61 Å². The summed E-state index contributed by atoms with van der Waals surface area (Å²) in [4.78, 5) is 0. The van der Waals surface area contributed by atoms with Crippen LogP contribution in [0, 0.1) is 5.92 Å². The van der Waals surface area contributed by atoms with Crippen LogP contribution in [-0.2, 0) is 9.47 Å². The van der Waals surface area contributed by atoms with Crippen LogP contribution < -0.4 is 0 Å². The van der Waals surface area contributed by atoms with Crippen LogP contribution in [-0.4, -0.2) is 29.7 Å². The Hall–Kier alpha value is -0.120. The lowest BCUT2D eigenvalue weighted by molar-refractivity contribution is -0.227. The highest BCUT2D eigenvalue weighted by Gasteiger charge is 2.44. The predicted octanol–water partition coefficient (Wildman–Crippen LogP) is 2.22. The van der Waals surface area contributed by atoms with Crippen molar-refractivity contribution < 1.29 is 14.6 Å². The van der Waals surface area contributed by atoms with Gasteiger partial charge < -0.3 is 14.6 Å². The molecule has 0 aromatic carbocycles. The molecule has 2 aliphatic carbocycles. The Balaban J connectivity index is 1.44. The minimum Gasteiger partial charge on any atom is -0.370 e. The van der Waals surface area contributed by atoms with Gasteiger partial charge in [-0.15, -0.1) is 0 Å². The van der Waals surface area contributed by atoms with Crippen LogP contribution in [0.15, 0.2) is 0 Å². The van der Waals surface area contributed by atoms with Crippen LogP contribution in [0.1, 0.15) is 51.4 Å². The van der Waals surface area contributed by atoms with Crippen LogP contribution >= 0.6 is 0 Å². The first-order valence-corrected chi connectivity index (χ1v) is 6.77. The topological polar surface area (TPSA) is 42.0 Å². The van der Waals surface area contributed by atoms with Gasteiger partial charge >= 0.3 is 0 Å². The molecule has 1 N–H and O–H groups in total. The molecule has 2 saturated carbocycles.